The van der Waals surface area contributed by atoms with E-state index in [0.717, 1.165) is 19.4 Å². The summed E-state index contributed by atoms with van der Waals surface area (Å²) < 4.78 is 2.09. The summed E-state index contributed by atoms with van der Waals surface area (Å²) in [6, 6.07) is 20.5. The van der Waals surface area contributed by atoms with Gasteiger partial charge < -0.3 is 10.7 Å². The van der Waals surface area contributed by atoms with E-state index in [1.54, 1.807) is 0 Å². The standard InChI is InChI=1S/C21H25N3/c1-2-10-19-17(7-1)8-5-9-18(19)12-13-21(20-11-6-14-22-20)23-24-15-3-4-16-24/h1-5,7-10,15-16,20-23H,6,11-14H2. The van der Waals surface area contributed by atoms with Crippen molar-refractivity contribution in [2.24, 2.45) is 0 Å². The minimum atomic E-state index is 0.443. The number of hydrogen-bond acceptors (Lipinski definition) is 2. The first kappa shape index (κ1) is 15.3. The molecule has 4 rings (SSSR count). The Hall–Kier alpha value is -2.26. The molecular weight excluding hydrogens is 294 g/mol. The molecule has 0 radical (unpaired) electrons. The fraction of sp³-hybridized carbons (Fsp3) is 0.333. The lowest BCUT2D eigenvalue weighted by atomic mass is 9.96. The summed E-state index contributed by atoms with van der Waals surface area (Å²) in [5.41, 5.74) is 5.12. The van der Waals surface area contributed by atoms with Crippen LogP contribution in [-0.2, 0) is 6.42 Å². The Morgan fingerprint density at radius 1 is 1.04 bits per heavy atom. The highest BCUT2D eigenvalue weighted by Gasteiger charge is 2.24. The second kappa shape index (κ2) is 7.10. The molecule has 3 nitrogen and oxygen atoms in total. The van der Waals surface area contributed by atoms with Gasteiger partial charge in [0.2, 0.25) is 0 Å². The smallest absolute Gasteiger partial charge is 0.0580 e. The predicted octanol–water partition coefficient (Wildman–Crippen LogP) is 3.94. The summed E-state index contributed by atoms with van der Waals surface area (Å²) in [7, 11) is 0. The van der Waals surface area contributed by atoms with Gasteiger partial charge in [0, 0.05) is 18.4 Å². The van der Waals surface area contributed by atoms with Gasteiger partial charge in [-0.05, 0) is 60.7 Å². The van der Waals surface area contributed by atoms with Crippen LogP contribution in [-0.4, -0.2) is 23.3 Å². The van der Waals surface area contributed by atoms with Crippen molar-refractivity contribution in [2.75, 3.05) is 12.0 Å². The van der Waals surface area contributed by atoms with Crippen LogP contribution in [0.1, 0.15) is 24.8 Å². The molecule has 1 aliphatic rings. The largest absolute Gasteiger partial charge is 0.322 e. The van der Waals surface area contributed by atoms with E-state index in [4.69, 9.17) is 0 Å². The first-order valence-electron chi connectivity index (χ1n) is 9.00. The Kier molecular flexibility index (Phi) is 4.52. The third-order valence-electron chi connectivity index (χ3n) is 5.11. The maximum Gasteiger partial charge on any atom is 0.0580 e. The number of nitrogens with zero attached hydrogens (tertiary/aromatic N) is 1. The summed E-state index contributed by atoms with van der Waals surface area (Å²) in [4.78, 5) is 0. The molecule has 0 aliphatic carbocycles. The minimum Gasteiger partial charge on any atom is -0.322 e. The quantitative estimate of drug-likeness (QED) is 0.720. The molecule has 1 saturated heterocycles. The molecule has 2 N–H and O–H groups in total. The van der Waals surface area contributed by atoms with E-state index in [-0.39, 0.29) is 0 Å². The molecule has 2 unspecified atom stereocenters. The molecule has 3 heteroatoms. The van der Waals surface area contributed by atoms with Crippen molar-refractivity contribution >= 4 is 10.8 Å². The van der Waals surface area contributed by atoms with E-state index in [1.807, 2.05) is 0 Å². The molecular formula is C21H25N3. The first-order valence-corrected chi connectivity index (χ1v) is 9.00. The molecule has 1 aliphatic heterocycles. The zero-order valence-corrected chi connectivity index (χ0v) is 14.0. The molecule has 0 amide bonds. The van der Waals surface area contributed by atoms with Crippen LogP contribution >= 0.6 is 0 Å². The number of rotatable bonds is 6. The van der Waals surface area contributed by atoms with Crippen LogP contribution in [0.5, 0.6) is 0 Å². The summed E-state index contributed by atoms with van der Waals surface area (Å²) in [6.45, 7) is 1.14. The SMILES string of the molecule is c1ccc2c(CCC(Nn3cccc3)C3CCCN3)cccc2c1. The van der Waals surface area contributed by atoms with Crippen LogP contribution in [0.15, 0.2) is 67.0 Å². The molecule has 2 aromatic carbocycles. The predicted molar refractivity (Wildman–Crippen MR) is 101 cm³/mol. The Bertz CT molecular complexity index is 767. The third kappa shape index (κ3) is 3.31. The molecule has 3 aromatic rings. The maximum atomic E-state index is 3.67. The molecule has 0 spiro atoms. The molecule has 124 valence electrons. The van der Waals surface area contributed by atoms with Gasteiger partial charge in [-0.15, -0.1) is 0 Å². The zero-order valence-electron chi connectivity index (χ0n) is 14.0. The lowest BCUT2D eigenvalue weighted by Crippen LogP contribution is -2.43. The van der Waals surface area contributed by atoms with Gasteiger partial charge in [0.25, 0.3) is 0 Å². The van der Waals surface area contributed by atoms with Gasteiger partial charge in [0.05, 0.1) is 6.04 Å². The number of benzene rings is 2. The lowest BCUT2D eigenvalue weighted by Gasteiger charge is -2.26. The highest BCUT2D eigenvalue weighted by molar-refractivity contribution is 5.85. The monoisotopic (exact) mass is 319 g/mol. The number of nitrogens with one attached hydrogen (secondary N) is 2. The number of aryl methyl sites for hydroxylation is 1. The highest BCUT2D eigenvalue weighted by atomic mass is 15.4. The lowest BCUT2D eigenvalue weighted by molar-refractivity contribution is 0.455. The summed E-state index contributed by atoms with van der Waals surface area (Å²) in [5, 5.41) is 6.39. The van der Waals surface area contributed by atoms with Gasteiger partial charge in [-0.1, -0.05) is 42.5 Å². The van der Waals surface area contributed by atoms with E-state index in [2.05, 4.69) is 82.4 Å². The second-order valence-corrected chi connectivity index (χ2v) is 6.71. The average molecular weight is 319 g/mol. The van der Waals surface area contributed by atoms with Crippen LogP contribution in [0, 0.1) is 0 Å². The van der Waals surface area contributed by atoms with E-state index in [1.165, 1.54) is 29.2 Å². The van der Waals surface area contributed by atoms with E-state index < -0.39 is 0 Å². The fourth-order valence-corrected chi connectivity index (χ4v) is 3.84. The van der Waals surface area contributed by atoms with Crippen LogP contribution in [0.4, 0.5) is 0 Å². The number of aromatic nitrogens is 1. The topological polar surface area (TPSA) is 29.0 Å². The summed E-state index contributed by atoms with van der Waals surface area (Å²) >= 11 is 0. The normalized spacial score (nSPS) is 18.8. The van der Waals surface area contributed by atoms with E-state index in [9.17, 15) is 0 Å². The first-order chi connectivity index (χ1) is 11.9. The van der Waals surface area contributed by atoms with Crippen molar-refractivity contribution in [2.45, 2.75) is 37.8 Å². The van der Waals surface area contributed by atoms with Crippen molar-refractivity contribution in [3.8, 4) is 0 Å². The van der Waals surface area contributed by atoms with Crippen LogP contribution in [0.3, 0.4) is 0 Å². The Labute approximate surface area is 143 Å². The molecule has 0 saturated carbocycles. The Morgan fingerprint density at radius 2 is 1.88 bits per heavy atom. The molecule has 2 atom stereocenters. The number of fused-ring (bicyclic) bond motifs is 1. The molecule has 1 fully saturated rings. The van der Waals surface area contributed by atoms with Crippen molar-refractivity contribution in [1.82, 2.24) is 9.99 Å². The summed E-state index contributed by atoms with van der Waals surface area (Å²) in [6.07, 6.45) is 8.93. The van der Waals surface area contributed by atoms with Crippen molar-refractivity contribution in [1.29, 1.82) is 0 Å². The maximum absolute atomic E-state index is 3.67. The molecule has 0 bridgehead atoms. The fourth-order valence-electron chi connectivity index (χ4n) is 3.84. The van der Waals surface area contributed by atoms with E-state index >= 15 is 0 Å². The summed E-state index contributed by atoms with van der Waals surface area (Å²) in [5.74, 6) is 0. The van der Waals surface area contributed by atoms with Crippen LogP contribution in [0.25, 0.3) is 10.8 Å². The second-order valence-electron chi connectivity index (χ2n) is 6.71. The molecule has 2 heterocycles. The minimum absolute atomic E-state index is 0.443. The molecule has 1 aromatic heterocycles. The van der Waals surface area contributed by atoms with Gasteiger partial charge in [-0.3, -0.25) is 4.68 Å². The average Bonchev–Trinajstić information content (AvgIpc) is 3.32. The van der Waals surface area contributed by atoms with Gasteiger partial charge in [-0.2, -0.15) is 0 Å². The highest BCUT2D eigenvalue weighted by Crippen LogP contribution is 2.22. The third-order valence-corrected chi connectivity index (χ3v) is 5.11. The van der Waals surface area contributed by atoms with Crippen molar-refractivity contribution in [3.63, 3.8) is 0 Å². The van der Waals surface area contributed by atoms with Crippen molar-refractivity contribution < 1.29 is 0 Å². The van der Waals surface area contributed by atoms with Gasteiger partial charge in [0.1, 0.15) is 0 Å². The van der Waals surface area contributed by atoms with Gasteiger partial charge in [-0.25, -0.2) is 0 Å². The van der Waals surface area contributed by atoms with Gasteiger partial charge >= 0.3 is 0 Å². The van der Waals surface area contributed by atoms with Crippen molar-refractivity contribution in [3.05, 3.63) is 72.6 Å². The number of hydrogen-bond donors (Lipinski definition) is 2. The van der Waals surface area contributed by atoms with Gasteiger partial charge in [0.15, 0.2) is 0 Å². The molecule has 24 heavy (non-hydrogen) atoms. The van der Waals surface area contributed by atoms with Crippen LogP contribution in [0.2, 0.25) is 0 Å². The van der Waals surface area contributed by atoms with E-state index in [0.29, 0.717) is 12.1 Å². The Morgan fingerprint density at radius 3 is 2.71 bits per heavy atom. The Balaban J connectivity index is 1.51. The zero-order chi connectivity index (χ0) is 16.2. The van der Waals surface area contributed by atoms with Crippen LogP contribution < -0.4 is 10.7 Å².